The second kappa shape index (κ2) is 7.36. The third-order valence-electron chi connectivity index (χ3n) is 6.97. The molecule has 2 aliphatic carbocycles. The van der Waals surface area contributed by atoms with Crippen molar-refractivity contribution in [3.63, 3.8) is 0 Å². The first-order valence-corrected chi connectivity index (χ1v) is 11.3. The second-order valence-corrected chi connectivity index (χ2v) is 9.75. The fraction of sp³-hybridized carbons (Fsp3) is 0.545. The summed E-state index contributed by atoms with van der Waals surface area (Å²) >= 11 is 1.65. The quantitative estimate of drug-likeness (QED) is 0.792. The van der Waals surface area contributed by atoms with E-state index in [0.29, 0.717) is 11.3 Å². The third kappa shape index (κ3) is 3.55. The van der Waals surface area contributed by atoms with Gasteiger partial charge in [0.1, 0.15) is 10.8 Å². The number of aromatic nitrogens is 1. The molecule has 0 bridgehead atoms. The molecule has 1 aromatic carbocycles. The molecule has 2 heterocycles. The lowest BCUT2D eigenvalue weighted by molar-refractivity contribution is 0.147. The SMILES string of the molecule is O=C(NC1CCCc2sc(-c3ccc(F)cc3)nc21)N1CCC2(CC1)CC2CO. The first-order chi connectivity index (χ1) is 14.1. The van der Waals surface area contributed by atoms with Gasteiger partial charge in [-0.3, -0.25) is 0 Å². The topological polar surface area (TPSA) is 65.5 Å². The number of nitrogens with zero attached hydrogens (tertiary/aromatic N) is 2. The molecule has 0 radical (unpaired) electrons. The highest BCUT2D eigenvalue weighted by Crippen LogP contribution is 2.59. The summed E-state index contributed by atoms with van der Waals surface area (Å²) in [6.45, 7) is 1.80. The zero-order chi connectivity index (χ0) is 20.0. The van der Waals surface area contributed by atoms with E-state index in [1.165, 1.54) is 17.0 Å². The Bertz CT molecular complexity index is 905. The minimum atomic E-state index is -0.250. The number of piperidine rings is 1. The Labute approximate surface area is 174 Å². The molecule has 2 N–H and O–H groups in total. The van der Waals surface area contributed by atoms with Gasteiger partial charge in [0.15, 0.2) is 0 Å². The summed E-state index contributed by atoms with van der Waals surface area (Å²) in [5, 5.41) is 13.5. The predicted molar refractivity (Wildman–Crippen MR) is 110 cm³/mol. The van der Waals surface area contributed by atoms with Gasteiger partial charge in [-0.2, -0.15) is 0 Å². The van der Waals surface area contributed by atoms with Crippen LogP contribution in [0, 0.1) is 17.2 Å². The van der Waals surface area contributed by atoms with E-state index in [-0.39, 0.29) is 24.5 Å². The van der Waals surface area contributed by atoms with Gasteiger partial charge in [0, 0.05) is 30.1 Å². The molecule has 1 saturated heterocycles. The van der Waals surface area contributed by atoms with Crippen LogP contribution < -0.4 is 5.32 Å². The fourth-order valence-electron chi connectivity index (χ4n) is 4.97. The van der Waals surface area contributed by atoms with Crippen molar-refractivity contribution >= 4 is 17.4 Å². The van der Waals surface area contributed by atoms with Crippen LogP contribution in [0.5, 0.6) is 0 Å². The van der Waals surface area contributed by atoms with Crippen molar-refractivity contribution in [3.8, 4) is 10.6 Å². The minimum Gasteiger partial charge on any atom is -0.396 e. The van der Waals surface area contributed by atoms with Gasteiger partial charge in [-0.1, -0.05) is 0 Å². The zero-order valence-corrected chi connectivity index (χ0v) is 17.2. The predicted octanol–water partition coefficient (Wildman–Crippen LogP) is 4.13. The number of benzene rings is 1. The van der Waals surface area contributed by atoms with E-state index in [2.05, 4.69) is 5.32 Å². The summed E-state index contributed by atoms with van der Waals surface area (Å²) in [5.74, 6) is 0.188. The normalized spacial score (nSPS) is 25.0. The Morgan fingerprint density at radius 1 is 1.31 bits per heavy atom. The summed E-state index contributed by atoms with van der Waals surface area (Å²) in [7, 11) is 0. The first-order valence-electron chi connectivity index (χ1n) is 10.5. The standard InChI is InChI=1S/C22H26FN3O2S/c23-16-6-4-14(5-7-16)20-25-19-17(2-1-3-18(19)29-20)24-21(28)26-10-8-22(9-11-26)12-15(22)13-27/h4-7,15,17,27H,1-3,8-13H2,(H,24,28). The Hall–Kier alpha value is -1.99. The molecule has 3 aliphatic rings. The van der Waals surface area contributed by atoms with Crippen LogP contribution in [0.1, 0.15) is 48.7 Å². The summed E-state index contributed by atoms with van der Waals surface area (Å²) in [4.78, 5) is 20.8. The molecule has 5 nitrogen and oxygen atoms in total. The molecule has 1 saturated carbocycles. The van der Waals surface area contributed by atoms with Crippen LogP contribution in [0.25, 0.3) is 10.6 Å². The highest BCUT2D eigenvalue weighted by molar-refractivity contribution is 7.15. The molecule has 2 amide bonds. The molecule has 1 aromatic heterocycles. The number of hydrogen-bond donors (Lipinski definition) is 2. The van der Waals surface area contributed by atoms with Crippen molar-refractivity contribution in [2.45, 2.75) is 44.6 Å². The number of halogens is 1. The van der Waals surface area contributed by atoms with Gasteiger partial charge in [-0.25, -0.2) is 14.2 Å². The van der Waals surface area contributed by atoms with Gasteiger partial charge >= 0.3 is 6.03 Å². The van der Waals surface area contributed by atoms with E-state index in [1.807, 2.05) is 4.90 Å². The van der Waals surface area contributed by atoms with Crippen molar-refractivity contribution in [1.82, 2.24) is 15.2 Å². The van der Waals surface area contributed by atoms with Crippen molar-refractivity contribution < 1.29 is 14.3 Å². The molecular formula is C22H26FN3O2S. The van der Waals surface area contributed by atoms with Crippen LogP contribution in [0.2, 0.25) is 0 Å². The lowest BCUT2D eigenvalue weighted by Crippen LogP contribution is -2.46. The number of aliphatic hydroxyl groups excluding tert-OH is 1. The molecule has 7 heteroatoms. The van der Waals surface area contributed by atoms with Crippen LogP contribution in [0.15, 0.2) is 24.3 Å². The van der Waals surface area contributed by atoms with Crippen LogP contribution >= 0.6 is 11.3 Å². The van der Waals surface area contributed by atoms with E-state index in [4.69, 9.17) is 4.98 Å². The molecule has 29 heavy (non-hydrogen) atoms. The van der Waals surface area contributed by atoms with Gasteiger partial charge < -0.3 is 15.3 Å². The molecule has 2 unspecified atom stereocenters. The number of fused-ring (bicyclic) bond motifs is 1. The highest BCUT2D eigenvalue weighted by atomic mass is 32.1. The number of amides is 2. The van der Waals surface area contributed by atoms with Gasteiger partial charge in [0.25, 0.3) is 0 Å². The Morgan fingerprint density at radius 2 is 2.07 bits per heavy atom. The summed E-state index contributed by atoms with van der Waals surface area (Å²) in [5.41, 5.74) is 2.19. The highest BCUT2D eigenvalue weighted by Gasteiger charge is 2.54. The molecule has 5 rings (SSSR count). The summed E-state index contributed by atoms with van der Waals surface area (Å²) in [6.07, 6.45) is 6.01. The first kappa shape index (κ1) is 19.0. The van der Waals surface area contributed by atoms with E-state index in [1.54, 1.807) is 23.5 Å². The zero-order valence-electron chi connectivity index (χ0n) is 16.4. The van der Waals surface area contributed by atoms with Crippen LogP contribution in [-0.2, 0) is 6.42 Å². The summed E-state index contributed by atoms with van der Waals surface area (Å²) in [6, 6.07) is 6.37. The Morgan fingerprint density at radius 3 is 2.76 bits per heavy atom. The monoisotopic (exact) mass is 415 g/mol. The average molecular weight is 416 g/mol. The van der Waals surface area contributed by atoms with Crippen LogP contribution in [-0.4, -0.2) is 40.7 Å². The molecular weight excluding hydrogens is 389 g/mol. The van der Waals surface area contributed by atoms with Crippen molar-refractivity contribution in [2.24, 2.45) is 11.3 Å². The number of carbonyl (C=O) groups excluding carboxylic acids is 1. The average Bonchev–Trinajstić information content (AvgIpc) is 3.22. The Balaban J connectivity index is 1.26. The molecule has 2 atom stereocenters. The number of likely N-dealkylation sites (tertiary alicyclic amines) is 1. The molecule has 1 aliphatic heterocycles. The van der Waals surface area contributed by atoms with E-state index in [9.17, 15) is 14.3 Å². The molecule has 2 aromatic rings. The largest absolute Gasteiger partial charge is 0.396 e. The van der Waals surface area contributed by atoms with Crippen molar-refractivity contribution in [2.75, 3.05) is 19.7 Å². The van der Waals surface area contributed by atoms with Crippen molar-refractivity contribution in [1.29, 1.82) is 0 Å². The van der Waals surface area contributed by atoms with Gasteiger partial charge in [0.2, 0.25) is 0 Å². The molecule has 154 valence electrons. The van der Waals surface area contributed by atoms with Gasteiger partial charge in [-0.15, -0.1) is 11.3 Å². The number of hydrogen-bond acceptors (Lipinski definition) is 4. The lowest BCUT2D eigenvalue weighted by Gasteiger charge is -2.34. The van der Waals surface area contributed by atoms with Crippen molar-refractivity contribution in [3.05, 3.63) is 40.7 Å². The molecule has 2 fully saturated rings. The van der Waals surface area contributed by atoms with Gasteiger partial charge in [-0.05, 0) is 74.1 Å². The van der Waals surface area contributed by atoms with Crippen LogP contribution in [0.4, 0.5) is 9.18 Å². The number of aryl methyl sites for hydroxylation is 1. The van der Waals surface area contributed by atoms with E-state index in [0.717, 1.165) is 67.9 Å². The second-order valence-electron chi connectivity index (χ2n) is 8.66. The van der Waals surface area contributed by atoms with E-state index < -0.39 is 0 Å². The number of aliphatic hydroxyl groups is 1. The van der Waals surface area contributed by atoms with Crippen LogP contribution in [0.3, 0.4) is 0 Å². The van der Waals surface area contributed by atoms with Gasteiger partial charge in [0.05, 0.1) is 11.7 Å². The smallest absolute Gasteiger partial charge is 0.317 e. The number of thiazole rings is 1. The number of urea groups is 1. The maximum atomic E-state index is 13.2. The lowest BCUT2D eigenvalue weighted by atomic mass is 9.91. The molecule has 1 spiro atoms. The third-order valence-corrected chi connectivity index (χ3v) is 8.15. The minimum absolute atomic E-state index is 0.00442. The fourth-order valence-corrected chi connectivity index (χ4v) is 6.14. The summed E-state index contributed by atoms with van der Waals surface area (Å²) < 4.78 is 13.2. The van der Waals surface area contributed by atoms with E-state index >= 15 is 0 Å². The maximum Gasteiger partial charge on any atom is 0.317 e. The number of rotatable bonds is 3. The maximum absolute atomic E-state index is 13.2. The number of carbonyl (C=O) groups is 1. The Kier molecular flexibility index (Phi) is 4.82. The number of nitrogens with one attached hydrogen (secondary N) is 1.